The van der Waals surface area contributed by atoms with E-state index >= 15 is 0 Å². The summed E-state index contributed by atoms with van der Waals surface area (Å²) < 4.78 is 5.37. The summed E-state index contributed by atoms with van der Waals surface area (Å²) in [5.74, 6) is 0.372. The molecule has 1 aromatic heterocycles. The molecule has 1 aromatic carbocycles. The standard InChI is InChI=1S/C18H25ClN6O2/c1-3-16(18(26)20-12-13(2)24-8-10-27-11-9-24)25-22-17(21-23-25)14-4-6-15(19)7-5-14/h4-7,13,16H,3,8-12H2,1-2H3,(H,20,26). The van der Waals surface area contributed by atoms with Crippen LogP contribution in [0.1, 0.15) is 26.3 Å². The third-order valence-corrected chi connectivity index (χ3v) is 4.99. The van der Waals surface area contributed by atoms with Gasteiger partial charge in [-0.3, -0.25) is 9.69 Å². The molecule has 0 aliphatic carbocycles. The monoisotopic (exact) mass is 392 g/mol. The van der Waals surface area contributed by atoms with E-state index in [1.165, 1.54) is 4.80 Å². The minimum atomic E-state index is -0.490. The normalized spacial score (nSPS) is 17.4. The lowest BCUT2D eigenvalue weighted by molar-refractivity contribution is -0.125. The zero-order valence-corrected chi connectivity index (χ0v) is 16.4. The predicted octanol–water partition coefficient (Wildman–Crippen LogP) is 1.78. The van der Waals surface area contributed by atoms with Crippen molar-refractivity contribution in [1.82, 2.24) is 30.4 Å². The topological polar surface area (TPSA) is 85.2 Å². The second-order valence-corrected chi connectivity index (χ2v) is 7.04. The molecule has 1 saturated heterocycles. The lowest BCUT2D eigenvalue weighted by Gasteiger charge is -2.32. The van der Waals surface area contributed by atoms with Crippen molar-refractivity contribution in [3.05, 3.63) is 29.3 Å². The average Bonchev–Trinajstić information content (AvgIpc) is 3.17. The van der Waals surface area contributed by atoms with Crippen LogP contribution in [0.4, 0.5) is 0 Å². The number of hydrogen-bond acceptors (Lipinski definition) is 6. The molecule has 1 amide bonds. The summed E-state index contributed by atoms with van der Waals surface area (Å²) in [5, 5.41) is 16.2. The molecule has 0 radical (unpaired) electrons. The number of amides is 1. The van der Waals surface area contributed by atoms with Crippen molar-refractivity contribution in [1.29, 1.82) is 0 Å². The van der Waals surface area contributed by atoms with Gasteiger partial charge in [0, 0.05) is 36.3 Å². The smallest absolute Gasteiger partial charge is 0.246 e. The summed E-state index contributed by atoms with van der Waals surface area (Å²) in [6, 6.07) is 6.96. The molecule has 2 heterocycles. The number of morpholine rings is 1. The number of hydrogen-bond donors (Lipinski definition) is 1. The molecule has 0 spiro atoms. The maximum absolute atomic E-state index is 12.7. The zero-order chi connectivity index (χ0) is 19.2. The van der Waals surface area contributed by atoms with Crippen molar-refractivity contribution in [2.24, 2.45) is 0 Å². The Morgan fingerprint density at radius 3 is 2.67 bits per heavy atom. The fourth-order valence-corrected chi connectivity index (χ4v) is 3.16. The van der Waals surface area contributed by atoms with Crippen molar-refractivity contribution in [3.8, 4) is 11.4 Å². The van der Waals surface area contributed by atoms with E-state index in [0.717, 1.165) is 31.9 Å². The largest absolute Gasteiger partial charge is 0.379 e. The van der Waals surface area contributed by atoms with Crippen molar-refractivity contribution in [2.75, 3.05) is 32.8 Å². The molecule has 2 atom stereocenters. The summed E-state index contributed by atoms with van der Waals surface area (Å²) in [6.45, 7) is 7.89. The van der Waals surface area contributed by atoms with E-state index in [2.05, 4.69) is 32.6 Å². The lowest BCUT2D eigenvalue weighted by atomic mass is 10.2. The molecular formula is C18H25ClN6O2. The van der Waals surface area contributed by atoms with Crippen LogP contribution in [0, 0.1) is 0 Å². The van der Waals surface area contributed by atoms with Gasteiger partial charge in [0.15, 0.2) is 6.04 Å². The highest BCUT2D eigenvalue weighted by atomic mass is 35.5. The maximum Gasteiger partial charge on any atom is 0.246 e. The van der Waals surface area contributed by atoms with Gasteiger partial charge in [-0.15, -0.1) is 10.2 Å². The van der Waals surface area contributed by atoms with E-state index in [1.54, 1.807) is 12.1 Å². The van der Waals surface area contributed by atoms with E-state index < -0.39 is 6.04 Å². The number of nitrogens with zero attached hydrogens (tertiary/aromatic N) is 5. The number of carbonyl (C=O) groups excluding carboxylic acids is 1. The summed E-state index contributed by atoms with van der Waals surface area (Å²) in [6.07, 6.45) is 0.578. The second kappa shape index (κ2) is 9.25. The molecular weight excluding hydrogens is 368 g/mol. The van der Waals surface area contributed by atoms with Crippen LogP contribution in [-0.4, -0.2) is 69.9 Å². The fourth-order valence-electron chi connectivity index (χ4n) is 3.04. The SMILES string of the molecule is CCC(C(=O)NCC(C)N1CCOCC1)n1nnc(-c2ccc(Cl)cc2)n1. The Bertz CT molecular complexity index is 745. The minimum absolute atomic E-state index is 0.0994. The van der Waals surface area contributed by atoms with E-state index in [1.807, 2.05) is 19.1 Å². The van der Waals surface area contributed by atoms with Crippen LogP contribution >= 0.6 is 11.6 Å². The highest BCUT2D eigenvalue weighted by molar-refractivity contribution is 6.30. The van der Waals surface area contributed by atoms with E-state index in [-0.39, 0.29) is 11.9 Å². The Morgan fingerprint density at radius 2 is 2.00 bits per heavy atom. The van der Waals surface area contributed by atoms with Crippen molar-refractivity contribution in [3.63, 3.8) is 0 Å². The van der Waals surface area contributed by atoms with Crippen LogP contribution in [0.3, 0.4) is 0 Å². The van der Waals surface area contributed by atoms with Crippen LogP contribution in [-0.2, 0) is 9.53 Å². The molecule has 1 fully saturated rings. The van der Waals surface area contributed by atoms with Crippen LogP contribution in [0.5, 0.6) is 0 Å². The fraction of sp³-hybridized carbons (Fsp3) is 0.556. The number of benzene rings is 1. The van der Waals surface area contributed by atoms with Gasteiger partial charge in [0.2, 0.25) is 11.7 Å². The van der Waals surface area contributed by atoms with Gasteiger partial charge in [0.05, 0.1) is 13.2 Å². The van der Waals surface area contributed by atoms with E-state index in [0.29, 0.717) is 23.8 Å². The molecule has 2 aromatic rings. The van der Waals surface area contributed by atoms with E-state index in [4.69, 9.17) is 16.3 Å². The zero-order valence-electron chi connectivity index (χ0n) is 15.6. The number of ether oxygens (including phenoxy) is 1. The molecule has 8 nitrogen and oxygen atoms in total. The number of rotatable bonds is 7. The first-order chi connectivity index (χ1) is 13.1. The van der Waals surface area contributed by atoms with Gasteiger partial charge in [-0.25, -0.2) is 0 Å². The Kier molecular flexibility index (Phi) is 6.76. The van der Waals surface area contributed by atoms with Crippen LogP contribution in [0.2, 0.25) is 5.02 Å². The third kappa shape index (κ3) is 5.03. The molecule has 2 unspecified atom stereocenters. The Labute approximate surface area is 163 Å². The molecule has 1 aliphatic rings. The van der Waals surface area contributed by atoms with Crippen molar-refractivity contribution in [2.45, 2.75) is 32.4 Å². The van der Waals surface area contributed by atoms with Gasteiger partial charge >= 0.3 is 0 Å². The molecule has 1 N–H and O–H groups in total. The number of aromatic nitrogens is 4. The third-order valence-electron chi connectivity index (χ3n) is 4.74. The predicted molar refractivity (Wildman–Crippen MR) is 102 cm³/mol. The number of nitrogens with one attached hydrogen (secondary N) is 1. The van der Waals surface area contributed by atoms with Crippen LogP contribution in [0.15, 0.2) is 24.3 Å². The Balaban J connectivity index is 1.60. The van der Waals surface area contributed by atoms with Gasteiger partial charge < -0.3 is 10.1 Å². The van der Waals surface area contributed by atoms with Gasteiger partial charge in [-0.05, 0) is 42.8 Å². The maximum atomic E-state index is 12.7. The van der Waals surface area contributed by atoms with Crippen LogP contribution < -0.4 is 5.32 Å². The molecule has 146 valence electrons. The minimum Gasteiger partial charge on any atom is -0.379 e. The summed E-state index contributed by atoms with van der Waals surface area (Å²) in [7, 11) is 0. The summed E-state index contributed by atoms with van der Waals surface area (Å²) in [4.78, 5) is 16.4. The molecule has 1 aliphatic heterocycles. The highest BCUT2D eigenvalue weighted by Crippen LogP contribution is 2.18. The number of halogens is 1. The van der Waals surface area contributed by atoms with Gasteiger partial charge in [-0.1, -0.05) is 18.5 Å². The van der Waals surface area contributed by atoms with Gasteiger partial charge in [-0.2, -0.15) is 4.80 Å². The van der Waals surface area contributed by atoms with E-state index in [9.17, 15) is 4.79 Å². The van der Waals surface area contributed by atoms with Gasteiger partial charge in [0.25, 0.3) is 0 Å². The van der Waals surface area contributed by atoms with Gasteiger partial charge in [0.1, 0.15) is 0 Å². The average molecular weight is 393 g/mol. The van der Waals surface area contributed by atoms with Crippen molar-refractivity contribution >= 4 is 17.5 Å². The van der Waals surface area contributed by atoms with Crippen LogP contribution in [0.25, 0.3) is 11.4 Å². The molecule has 0 bridgehead atoms. The lowest BCUT2D eigenvalue weighted by Crippen LogP contribution is -2.48. The Morgan fingerprint density at radius 1 is 1.30 bits per heavy atom. The first-order valence-electron chi connectivity index (χ1n) is 9.23. The molecule has 0 saturated carbocycles. The van der Waals surface area contributed by atoms with Crippen molar-refractivity contribution < 1.29 is 9.53 Å². The highest BCUT2D eigenvalue weighted by Gasteiger charge is 2.24. The Hall–Kier alpha value is -2.03. The second-order valence-electron chi connectivity index (χ2n) is 6.61. The molecule has 3 rings (SSSR count). The summed E-state index contributed by atoms with van der Waals surface area (Å²) >= 11 is 5.91. The molecule has 27 heavy (non-hydrogen) atoms. The quantitative estimate of drug-likeness (QED) is 0.773. The molecule has 9 heteroatoms. The first-order valence-corrected chi connectivity index (χ1v) is 9.61. The summed E-state index contributed by atoms with van der Waals surface area (Å²) in [5.41, 5.74) is 0.807. The number of carbonyl (C=O) groups is 1. The number of tetrazole rings is 1. The first kappa shape index (κ1) is 19.7.